The fraction of sp³-hybridized carbons (Fsp3) is 0. The first-order valence-electron chi connectivity index (χ1n) is 6.14. The first kappa shape index (κ1) is 15.3. The van der Waals surface area contributed by atoms with Crippen molar-refractivity contribution in [3.63, 3.8) is 0 Å². The van der Waals surface area contributed by atoms with Gasteiger partial charge in [0.25, 0.3) is 0 Å². The van der Waals surface area contributed by atoms with Crippen LogP contribution in [0.4, 0.5) is 20.2 Å². The number of nitro groups is 1. The molecular weight excluding hydrogens is 294 g/mol. The molecule has 1 N–H and O–H groups in total. The summed E-state index contributed by atoms with van der Waals surface area (Å²) in [4.78, 5) is 21.3. The summed E-state index contributed by atoms with van der Waals surface area (Å²) in [5.41, 5.74) is -0.102. The van der Waals surface area contributed by atoms with Crippen LogP contribution >= 0.6 is 0 Å². The second-order valence-electron chi connectivity index (χ2n) is 4.30. The SMILES string of the molecule is O=C(/C=C/c1cccc(F)c1)Nc1ccc([N+](=O)[O-])c(F)c1. The molecule has 0 heterocycles. The fourth-order valence-electron chi connectivity index (χ4n) is 1.70. The Hall–Kier alpha value is -3.09. The zero-order valence-corrected chi connectivity index (χ0v) is 11.1. The lowest BCUT2D eigenvalue weighted by Crippen LogP contribution is -2.08. The van der Waals surface area contributed by atoms with Crippen LogP contribution in [0.25, 0.3) is 6.08 Å². The molecule has 0 aliphatic heterocycles. The molecule has 7 heteroatoms. The maximum atomic E-state index is 13.4. The van der Waals surface area contributed by atoms with Crippen molar-refractivity contribution in [3.05, 3.63) is 75.9 Å². The van der Waals surface area contributed by atoms with Crippen molar-refractivity contribution >= 4 is 23.4 Å². The molecule has 0 saturated carbocycles. The predicted octanol–water partition coefficient (Wildman–Crippen LogP) is 3.52. The largest absolute Gasteiger partial charge is 0.322 e. The molecule has 0 aliphatic rings. The Labute approximate surface area is 124 Å². The van der Waals surface area contributed by atoms with E-state index in [1.54, 1.807) is 6.07 Å². The van der Waals surface area contributed by atoms with E-state index in [-0.39, 0.29) is 5.69 Å². The van der Waals surface area contributed by atoms with E-state index in [2.05, 4.69) is 5.32 Å². The van der Waals surface area contributed by atoms with Crippen LogP contribution in [-0.2, 0) is 4.79 Å². The fourth-order valence-corrected chi connectivity index (χ4v) is 1.70. The maximum absolute atomic E-state index is 13.4. The van der Waals surface area contributed by atoms with Gasteiger partial charge in [-0.25, -0.2) is 4.39 Å². The molecule has 0 fully saturated rings. The summed E-state index contributed by atoms with van der Waals surface area (Å²) in [5, 5.41) is 12.8. The number of nitrogens with zero attached hydrogens (tertiary/aromatic N) is 1. The summed E-state index contributed by atoms with van der Waals surface area (Å²) in [6.45, 7) is 0. The number of carbonyl (C=O) groups excluding carboxylic acids is 1. The molecule has 2 aromatic carbocycles. The average Bonchev–Trinajstić information content (AvgIpc) is 2.45. The number of benzene rings is 2. The van der Waals surface area contributed by atoms with Crippen molar-refractivity contribution in [2.24, 2.45) is 0 Å². The minimum absolute atomic E-state index is 0.0805. The zero-order chi connectivity index (χ0) is 16.1. The summed E-state index contributed by atoms with van der Waals surface area (Å²) < 4.78 is 26.3. The van der Waals surface area contributed by atoms with Crippen molar-refractivity contribution in [1.82, 2.24) is 0 Å². The van der Waals surface area contributed by atoms with Gasteiger partial charge in [-0.15, -0.1) is 0 Å². The lowest BCUT2D eigenvalue weighted by Gasteiger charge is -2.02. The Balaban J connectivity index is 2.06. The van der Waals surface area contributed by atoms with Crippen LogP contribution in [0.2, 0.25) is 0 Å². The van der Waals surface area contributed by atoms with E-state index in [0.717, 1.165) is 18.2 Å². The zero-order valence-electron chi connectivity index (χ0n) is 11.1. The Morgan fingerprint density at radius 1 is 1.18 bits per heavy atom. The highest BCUT2D eigenvalue weighted by molar-refractivity contribution is 6.01. The standard InChI is InChI=1S/C15H10F2N2O3/c16-11-3-1-2-10(8-11)4-7-15(20)18-12-5-6-14(19(21)22)13(17)9-12/h1-9H,(H,18,20)/b7-4+. The van der Waals surface area contributed by atoms with E-state index < -0.39 is 28.2 Å². The summed E-state index contributed by atoms with van der Waals surface area (Å²) in [6.07, 6.45) is 2.54. The van der Waals surface area contributed by atoms with Crippen LogP contribution in [0, 0.1) is 21.7 Å². The van der Waals surface area contributed by atoms with Gasteiger partial charge in [-0.1, -0.05) is 12.1 Å². The van der Waals surface area contributed by atoms with Crippen LogP contribution in [0.1, 0.15) is 5.56 Å². The molecule has 112 valence electrons. The van der Waals surface area contributed by atoms with Gasteiger partial charge in [0.1, 0.15) is 5.82 Å². The quantitative estimate of drug-likeness (QED) is 0.533. The van der Waals surface area contributed by atoms with Gasteiger partial charge < -0.3 is 5.32 Å². The third-order valence-electron chi connectivity index (χ3n) is 2.69. The number of amides is 1. The number of hydrogen-bond donors (Lipinski definition) is 1. The molecule has 0 unspecified atom stereocenters. The highest BCUT2D eigenvalue weighted by atomic mass is 19.1. The normalized spacial score (nSPS) is 10.6. The van der Waals surface area contributed by atoms with Gasteiger partial charge in [-0.05, 0) is 29.8 Å². The Morgan fingerprint density at radius 2 is 1.95 bits per heavy atom. The number of rotatable bonds is 4. The molecule has 5 nitrogen and oxygen atoms in total. The molecule has 0 saturated heterocycles. The number of nitro benzene ring substituents is 1. The molecule has 0 bridgehead atoms. The second kappa shape index (κ2) is 6.57. The van der Waals surface area contributed by atoms with Crippen LogP contribution in [-0.4, -0.2) is 10.8 Å². The minimum atomic E-state index is -1.04. The van der Waals surface area contributed by atoms with Crippen molar-refractivity contribution in [3.8, 4) is 0 Å². The minimum Gasteiger partial charge on any atom is -0.322 e. The highest BCUT2D eigenvalue weighted by Gasteiger charge is 2.14. The number of carbonyl (C=O) groups is 1. The first-order chi connectivity index (χ1) is 10.5. The average molecular weight is 304 g/mol. The number of halogens is 2. The van der Waals surface area contributed by atoms with Crippen molar-refractivity contribution in [2.75, 3.05) is 5.32 Å². The maximum Gasteiger partial charge on any atom is 0.304 e. The van der Waals surface area contributed by atoms with E-state index in [4.69, 9.17) is 0 Å². The molecule has 0 radical (unpaired) electrons. The Kier molecular flexibility index (Phi) is 4.57. The van der Waals surface area contributed by atoms with Crippen molar-refractivity contribution in [1.29, 1.82) is 0 Å². The third kappa shape index (κ3) is 3.95. The van der Waals surface area contributed by atoms with Gasteiger partial charge in [-0.2, -0.15) is 4.39 Å². The number of nitrogens with one attached hydrogen (secondary N) is 1. The van der Waals surface area contributed by atoms with E-state index in [0.29, 0.717) is 5.56 Å². The first-order valence-corrected chi connectivity index (χ1v) is 6.14. The number of anilines is 1. The molecule has 0 spiro atoms. The van der Waals surface area contributed by atoms with Crippen LogP contribution in [0.3, 0.4) is 0 Å². The van der Waals surface area contributed by atoms with Gasteiger partial charge in [-0.3, -0.25) is 14.9 Å². The predicted molar refractivity (Wildman–Crippen MR) is 77.1 cm³/mol. The van der Waals surface area contributed by atoms with Crippen LogP contribution < -0.4 is 5.32 Å². The van der Waals surface area contributed by atoms with E-state index in [9.17, 15) is 23.7 Å². The molecule has 1 amide bonds. The molecule has 2 aromatic rings. The topological polar surface area (TPSA) is 72.2 Å². The number of hydrogen-bond acceptors (Lipinski definition) is 3. The molecule has 22 heavy (non-hydrogen) atoms. The molecular formula is C15H10F2N2O3. The van der Waals surface area contributed by atoms with Crippen molar-refractivity contribution < 1.29 is 18.5 Å². The Morgan fingerprint density at radius 3 is 2.59 bits per heavy atom. The van der Waals surface area contributed by atoms with E-state index in [1.165, 1.54) is 30.3 Å². The van der Waals surface area contributed by atoms with Gasteiger partial charge in [0, 0.05) is 23.9 Å². The Bertz CT molecular complexity index is 760. The third-order valence-corrected chi connectivity index (χ3v) is 2.69. The highest BCUT2D eigenvalue weighted by Crippen LogP contribution is 2.20. The smallest absolute Gasteiger partial charge is 0.304 e. The van der Waals surface area contributed by atoms with Gasteiger partial charge in [0.05, 0.1) is 4.92 Å². The summed E-state index contributed by atoms with van der Waals surface area (Å²) >= 11 is 0. The summed E-state index contributed by atoms with van der Waals surface area (Å²) in [6, 6.07) is 8.66. The van der Waals surface area contributed by atoms with Crippen LogP contribution in [0.5, 0.6) is 0 Å². The monoisotopic (exact) mass is 304 g/mol. The molecule has 2 rings (SSSR count). The van der Waals surface area contributed by atoms with Gasteiger partial charge in [0.15, 0.2) is 0 Å². The summed E-state index contributed by atoms with van der Waals surface area (Å²) in [7, 11) is 0. The lowest BCUT2D eigenvalue weighted by molar-refractivity contribution is -0.387. The summed E-state index contributed by atoms with van der Waals surface area (Å²) in [5.74, 6) is -2.05. The van der Waals surface area contributed by atoms with E-state index in [1.807, 2.05) is 0 Å². The van der Waals surface area contributed by atoms with Gasteiger partial charge in [0.2, 0.25) is 11.7 Å². The molecule has 0 atom stereocenters. The second-order valence-corrected chi connectivity index (χ2v) is 4.30. The van der Waals surface area contributed by atoms with Crippen LogP contribution in [0.15, 0.2) is 48.5 Å². The molecule has 0 aromatic heterocycles. The lowest BCUT2D eigenvalue weighted by atomic mass is 10.2. The molecule has 0 aliphatic carbocycles. The van der Waals surface area contributed by atoms with Gasteiger partial charge >= 0.3 is 5.69 Å². The van der Waals surface area contributed by atoms with E-state index >= 15 is 0 Å². The van der Waals surface area contributed by atoms with Crippen molar-refractivity contribution in [2.45, 2.75) is 0 Å².